The van der Waals surface area contributed by atoms with Crippen LogP contribution in [0.25, 0.3) is 10.2 Å². The van der Waals surface area contributed by atoms with Gasteiger partial charge in [-0.2, -0.15) is 0 Å². The number of hydrogen-bond acceptors (Lipinski definition) is 7. The van der Waals surface area contributed by atoms with Crippen LogP contribution in [0.1, 0.15) is 52.2 Å². The van der Waals surface area contributed by atoms with Crippen LogP contribution in [-0.4, -0.2) is 40.3 Å². The second kappa shape index (κ2) is 9.84. The van der Waals surface area contributed by atoms with Crippen LogP contribution in [0.4, 0.5) is 15.3 Å². The lowest BCUT2D eigenvalue weighted by atomic mass is 10.2. The number of ether oxygens (including phenoxy) is 2. The van der Waals surface area contributed by atoms with Crippen LogP contribution in [0, 0.1) is 0 Å². The van der Waals surface area contributed by atoms with Crippen LogP contribution in [0.15, 0.2) is 34.9 Å². The number of carbonyl (C=O) groups is 2. The zero-order chi connectivity index (χ0) is 25.3. The summed E-state index contributed by atoms with van der Waals surface area (Å²) < 4.78 is 17.3. The third-order valence-electron chi connectivity index (χ3n) is 4.38. The number of rotatable bonds is 5. The van der Waals surface area contributed by atoms with Crippen LogP contribution in [0.2, 0.25) is 5.15 Å². The highest BCUT2D eigenvalue weighted by molar-refractivity contribution is 7.19. The first kappa shape index (κ1) is 25.8. The summed E-state index contributed by atoms with van der Waals surface area (Å²) in [5, 5.41) is 0.236. The first-order chi connectivity index (χ1) is 15.7. The fraction of sp³-hybridized carbons (Fsp3) is 0.458. The SMILES string of the molecule is CN(Cc1cc2nc(Cl)cc(N(Cc3ccco3)C(=O)OC(C)(C)C)c2s1)C(=O)OC(C)(C)C. The van der Waals surface area contributed by atoms with Gasteiger partial charge in [0, 0.05) is 18.0 Å². The molecule has 0 radical (unpaired) electrons. The average Bonchev–Trinajstić information content (AvgIpc) is 3.31. The molecule has 8 nitrogen and oxygen atoms in total. The minimum absolute atomic E-state index is 0.155. The number of halogens is 1. The van der Waals surface area contributed by atoms with Gasteiger partial charge in [-0.1, -0.05) is 11.6 Å². The zero-order valence-corrected chi connectivity index (χ0v) is 22.0. The number of fused-ring (bicyclic) bond motifs is 1. The monoisotopic (exact) mass is 507 g/mol. The molecule has 0 atom stereocenters. The van der Waals surface area contributed by atoms with E-state index >= 15 is 0 Å². The van der Waals surface area contributed by atoms with E-state index in [-0.39, 0.29) is 11.7 Å². The third kappa shape index (κ3) is 6.87. The van der Waals surface area contributed by atoms with E-state index in [0.29, 0.717) is 23.5 Å². The Morgan fingerprint density at radius 3 is 2.29 bits per heavy atom. The summed E-state index contributed by atoms with van der Waals surface area (Å²) in [7, 11) is 1.67. The van der Waals surface area contributed by atoms with Crippen molar-refractivity contribution in [2.45, 2.75) is 65.8 Å². The van der Waals surface area contributed by atoms with Crippen molar-refractivity contribution >= 4 is 51.0 Å². The molecule has 10 heteroatoms. The predicted octanol–water partition coefficient (Wildman–Crippen LogP) is 6.85. The molecule has 3 heterocycles. The number of anilines is 1. The fourth-order valence-corrected chi connectivity index (χ4v) is 4.43. The largest absolute Gasteiger partial charge is 0.467 e. The summed E-state index contributed by atoms with van der Waals surface area (Å²) in [4.78, 5) is 33.8. The number of furan rings is 1. The minimum atomic E-state index is -0.689. The molecule has 0 saturated heterocycles. The highest BCUT2D eigenvalue weighted by Gasteiger charge is 2.28. The molecule has 3 aromatic heterocycles. The van der Waals surface area contributed by atoms with Gasteiger partial charge in [-0.25, -0.2) is 14.6 Å². The van der Waals surface area contributed by atoms with Gasteiger partial charge in [-0.3, -0.25) is 4.90 Å². The van der Waals surface area contributed by atoms with E-state index in [9.17, 15) is 9.59 Å². The lowest BCUT2D eigenvalue weighted by molar-refractivity contribution is 0.0286. The molecule has 0 unspecified atom stereocenters. The topological polar surface area (TPSA) is 85.1 Å². The average molecular weight is 508 g/mol. The van der Waals surface area contributed by atoms with Crippen LogP contribution in [0.5, 0.6) is 0 Å². The van der Waals surface area contributed by atoms with Gasteiger partial charge in [0.2, 0.25) is 0 Å². The number of aromatic nitrogens is 1. The Morgan fingerprint density at radius 1 is 1.06 bits per heavy atom. The zero-order valence-electron chi connectivity index (χ0n) is 20.5. The lowest BCUT2D eigenvalue weighted by Crippen LogP contribution is -2.36. The number of thiophene rings is 1. The van der Waals surface area contributed by atoms with Crippen LogP contribution < -0.4 is 4.90 Å². The molecule has 0 aliphatic heterocycles. The Balaban J connectivity index is 1.98. The Morgan fingerprint density at radius 2 is 1.71 bits per heavy atom. The maximum Gasteiger partial charge on any atom is 0.415 e. The smallest absolute Gasteiger partial charge is 0.415 e. The second-order valence-electron chi connectivity index (χ2n) is 9.87. The van der Waals surface area contributed by atoms with E-state index in [2.05, 4.69) is 4.98 Å². The van der Waals surface area contributed by atoms with Gasteiger partial charge in [-0.05, 0) is 59.7 Å². The summed E-state index contributed by atoms with van der Waals surface area (Å²) in [6, 6.07) is 7.03. The molecular weight excluding hydrogens is 478 g/mol. The Kier molecular flexibility index (Phi) is 7.47. The van der Waals surface area contributed by atoms with Gasteiger partial charge in [0.15, 0.2) is 0 Å². The molecule has 34 heavy (non-hydrogen) atoms. The normalized spacial score (nSPS) is 12.0. The minimum Gasteiger partial charge on any atom is -0.467 e. The number of carbonyl (C=O) groups excluding carboxylic acids is 2. The summed E-state index contributed by atoms with van der Waals surface area (Å²) >= 11 is 7.75. The summed E-state index contributed by atoms with van der Waals surface area (Å²) in [5.74, 6) is 0.591. The molecule has 3 rings (SSSR count). The standard InChI is InChI=1S/C24H30ClN3O5S/c1-23(2,3)32-21(29)27(7)14-16-11-17-20(34-16)18(12-19(25)26-17)28(13-15-9-8-10-31-15)22(30)33-24(4,5)6/h8-12H,13-14H2,1-7H3. The molecule has 2 amide bonds. The number of hydrogen-bond donors (Lipinski definition) is 0. The van der Waals surface area contributed by atoms with E-state index < -0.39 is 23.4 Å². The lowest BCUT2D eigenvalue weighted by Gasteiger charge is -2.27. The van der Waals surface area contributed by atoms with Gasteiger partial charge >= 0.3 is 12.2 Å². The highest BCUT2D eigenvalue weighted by Crippen LogP contribution is 2.37. The maximum absolute atomic E-state index is 13.2. The van der Waals surface area contributed by atoms with Gasteiger partial charge in [0.05, 0.1) is 35.3 Å². The van der Waals surface area contributed by atoms with Crippen LogP contribution in [-0.2, 0) is 22.6 Å². The van der Waals surface area contributed by atoms with Gasteiger partial charge < -0.3 is 18.8 Å². The van der Waals surface area contributed by atoms with E-state index in [1.807, 2.05) is 26.8 Å². The second-order valence-corrected chi connectivity index (χ2v) is 11.4. The van der Waals surface area contributed by atoms with E-state index in [1.54, 1.807) is 52.3 Å². The predicted molar refractivity (Wildman–Crippen MR) is 133 cm³/mol. The fourth-order valence-electron chi connectivity index (χ4n) is 3.06. The van der Waals surface area contributed by atoms with Crippen molar-refractivity contribution in [2.75, 3.05) is 11.9 Å². The van der Waals surface area contributed by atoms with Crippen molar-refractivity contribution < 1.29 is 23.5 Å². The summed E-state index contributed by atoms with van der Waals surface area (Å²) in [6.45, 7) is 11.4. The highest BCUT2D eigenvalue weighted by atomic mass is 35.5. The van der Waals surface area contributed by atoms with Crippen molar-refractivity contribution in [1.82, 2.24) is 9.88 Å². The molecule has 0 saturated carbocycles. The maximum atomic E-state index is 13.2. The first-order valence-corrected chi connectivity index (χ1v) is 12.0. The van der Waals surface area contributed by atoms with Crippen molar-refractivity contribution in [2.24, 2.45) is 0 Å². The summed E-state index contributed by atoms with van der Waals surface area (Å²) in [6.07, 6.45) is 0.589. The van der Waals surface area contributed by atoms with Crippen molar-refractivity contribution in [1.29, 1.82) is 0 Å². The van der Waals surface area contributed by atoms with E-state index in [4.69, 9.17) is 25.5 Å². The molecule has 0 spiro atoms. The van der Waals surface area contributed by atoms with Gasteiger partial charge in [0.25, 0.3) is 0 Å². The molecule has 3 aromatic rings. The number of amides is 2. The van der Waals surface area contributed by atoms with Gasteiger partial charge in [0.1, 0.15) is 22.1 Å². The number of nitrogens with zero attached hydrogens (tertiary/aromatic N) is 3. The Bertz CT molecular complexity index is 1160. The van der Waals surface area contributed by atoms with Crippen molar-refractivity contribution in [3.63, 3.8) is 0 Å². The molecule has 0 aromatic carbocycles. The van der Waals surface area contributed by atoms with E-state index in [0.717, 1.165) is 9.58 Å². The molecular formula is C24H30ClN3O5S. The molecule has 0 aliphatic carbocycles. The Labute approximate surface area is 208 Å². The van der Waals surface area contributed by atoms with Crippen LogP contribution >= 0.6 is 22.9 Å². The summed E-state index contributed by atoms with van der Waals surface area (Å²) in [5.41, 5.74) is -0.108. The van der Waals surface area contributed by atoms with Crippen molar-refractivity contribution in [3.05, 3.63) is 46.3 Å². The molecule has 0 N–H and O–H groups in total. The molecule has 184 valence electrons. The quantitative estimate of drug-likeness (QED) is 0.351. The Hall–Kier alpha value is -2.78. The van der Waals surface area contributed by atoms with E-state index in [1.165, 1.54) is 21.1 Å². The third-order valence-corrected chi connectivity index (χ3v) is 5.70. The molecule has 0 aliphatic rings. The molecule has 0 fully saturated rings. The number of pyridine rings is 1. The van der Waals surface area contributed by atoms with Crippen LogP contribution in [0.3, 0.4) is 0 Å². The first-order valence-electron chi connectivity index (χ1n) is 10.8. The van der Waals surface area contributed by atoms with Crippen molar-refractivity contribution in [3.8, 4) is 0 Å². The van der Waals surface area contributed by atoms with Gasteiger partial charge in [-0.15, -0.1) is 11.3 Å². The molecule has 0 bridgehead atoms.